The third kappa shape index (κ3) is 3.48. The molecule has 0 saturated heterocycles. The highest BCUT2D eigenvalue weighted by atomic mass is 79.9. The molecular weight excluding hydrogens is 336 g/mol. The van der Waals surface area contributed by atoms with Gasteiger partial charge in [-0.05, 0) is 35.0 Å². The van der Waals surface area contributed by atoms with Gasteiger partial charge in [0, 0.05) is 16.3 Å². The predicted molar refractivity (Wildman–Crippen MR) is 75.9 cm³/mol. The Morgan fingerprint density at radius 3 is 2.11 bits per heavy atom. The number of carbonyl (C=O) groups excluding carboxylic acids is 1. The molecule has 0 saturated carbocycles. The molecule has 0 aromatic heterocycles. The minimum Gasteiger partial charge on any atom is -0.493 e. The molecule has 0 bridgehead atoms. The zero-order valence-corrected chi connectivity index (χ0v) is 13.5. The van der Waals surface area contributed by atoms with E-state index >= 15 is 0 Å². The number of sulfone groups is 1. The van der Waals surface area contributed by atoms with Crippen molar-refractivity contribution in [3.8, 4) is 11.5 Å². The van der Waals surface area contributed by atoms with Crippen LogP contribution in [0.2, 0.25) is 0 Å². The number of halogens is 1. The maximum Gasteiger partial charge on any atom is 0.181 e. The van der Waals surface area contributed by atoms with Crippen LogP contribution in [-0.2, 0) is 9.84 Å². The number of hydrogen-bond donors (Lipinski definition) is 0. The number of carbonyl (C=O) groups is 1. The molecule has 0 aliphatic carbocycles. The quantitative estimate of drug-likeness (QED) is 0.760. The minimum atomic E-state index is -3.44. The number of ether oxygens (including phenoxy) is 2. The molecule has 1 rings (SSSR count). The molecule has 0 N–H and O–H groups in total. The molecule has 1 aromatic rings. The molecule has 106 valence electrons. The van der Waals surface area contributed by atoms with E-state index in [1.807, 2.05) is 0 Å². The highest BCUT2D eigenvalue weighted by molar-refractivity contribution is 9.10. The zero-order valence-electron chi connectivity index (χ0n) is 11.1. The Kier molecular flexibility index (Phi) is 4.98. The Bertz CT molecular complexity index is 594. The van der Waals surface area contributed by atoms with Crippen molar-refractivity contribution >= 4 is 31.6 Å². The number of hydrogen-bond acceptors (Lipinski definition) is 5. The summed E-state index contributed by atoms with van der Waals surface area (Å²) in [5.74, 6) is 0.336. The summed E-state index contributed by atoms with van der Waals surface area (Å²) in [5.41, 5.74) is 0.246. The Morgan fingerprint density at radius 2 is 1.68 bits per heavy atom. The van der Waals surface area contributed by atoms with Crippen LogP contribution in [0.15, 0.2) is 16.6 Å². The van der Waals surface area contributed by atoms with Crippen molar-refractivity contribution < 1.29 is 22.7 Å². The fraction of sp³-hybridized carbons (Fsp3) is 0.417. The normalized spacial score (nSPS) is 12.9. The average Bonchev–Trinajstić information content (AvgIpc) is 2.35. The lowest BCUT2D eigenvalue weighted by Crippen LogP contribution is -2.26. The first kappa shape index (κ1) is 16.0. The van der Waals surface area contributed by atoms with Crippen LogP contribution in [0.3, 0.4) is 0 Å². The van der Waals surface area contributed by atoms with Gasteiger partial charge in [0.15, 0.2) is 27.1 Å². The fourth-order valence-electron chi connectivity index (χ4n) is 1.46. The summed E-state index contributed by atoms with van der Waals surface area (Å²) in [4.78, 5) is 12.2. The molecule has 0 amide bonds. The van der Waals surface area contributed by atoms with Crippen LogP contribution in [0.25, 0.3) is 0 Å². The van der Waals surface area contributed by atoms with E-state index in [1.54, 1.807) is 6.07 Å². The number of benzene rings is 1. The smallest absolute Gasteiger partial charge is 0.181 e. The number of rotatable bonds is 5. The third-order valence-corrected chi connectivity index (χ3v) is 4.90. The first-order valence-corrected chi connectivity index (χ1v) is 8.11. The van der Waals surface area contributed by atoms with Crippen molar-refractivity contribution in [2.45, 2.75) is 12.2 Å². The van der Waals surface area contributed by atoms with Crippen molar-refractivity contribution in [1.82, 2.24) is 0 Å². The summed E-state index contributed by atoms with van der Waals surface area (Å²) < 4.78 is 33.5. The molecular formula is C12H15BrO5S. The summed E-state index contributed by atoms with van der Waals surface area (Å²) in [5, 5.41) is -1.11. The van der Waals surface area contributed by atoms with Gasteiger partial charge in [0.05, 0.1) is 14.2 Å². The minimum absolute atomic E-state index is 0.246. The van der Waals surface area contributed by atoms with Gasteiger partial charge in [-0.3, -0.25) is 4.79 Å². The predicted octanol–water partition coefficient (Wildman–Crippen LogP) is 2.08. The van der Waals surface area contributed by atoms with Crippen LogP contribution < -0.4 is 9.47 Å². The second-order valence-electron chi connectivity index (χ2n) is 4.02. The van der Waals surface area contributed by atoms with Crippen LogP contribution in [-0.4, -0.2) is 39.9 Å². The Balaban J connectivity index is 3.32. The van der Waals surface area contributed by atoms with E-state index in [-0.39, 0.29) is 5.56 Å². The van der Waals surface area contributed by atoms with E-state index < -0.39 is 20.9 Å². The van der Waals surface area contributed by atoms with Gasteiger partial charge in [0.25, 0.3) is 0 Å². The van der Waals surface area contributed by atoms with Crippen LogP contribution >= 0.6 is 15.9 Å². The summed E-state index contributed by atoms with van der Waals surface area (Å²) >= 11 is 3.24. The fourth-order valence-corrected chi connectivity index (χ4v) is 2.49. The molecule has 0 heterocycles. The molecule has 7 heteroatoms. The number of ketones is 1. The molecule has 0 aliphatic rings. The van der Waals surface area contributed by atoms with Gasteiger partial charge in [0.2, 0.25) is 0 Å². The van der Waals surface area contributed by atoms with E-state index in [4.69, 9.17) is 9.47 Å². The van der Waals surface area contributed by atoms with E-state index in [2.05, 4.69) is 15.9 Å². The van der Waals surface area contributed by atoms with E-state index in [0.29, 0.717) is 16.0 Å². The average molecular weight is 351 g/mol. The lowest BCUT2D eigenvalue weighted by molar-refractivity contribution is 0.0990. The van der Waals surface area contributed by atoms with E-state index in [0.717, 1.165) is 6.26 Å². The molecule has 0 fully saturated rings. The third-order valence-electron chi connectivity index (χ3n) is 2.75. The highest BCUT2D eigenvalue weighted by Crippen LogP contribution is 2.34. The second kappa shape index (κ2) is 5.92. The number of methoxy groups -OCH3 is 2. The van der Waals surface area contributed by atoms with Crippen molar-refractivity contribution in [2.24, 2.45) is 0 Å². The lowest BCUT2D eigenvalue weighted by Gasteiger charge is -2.13. The highest BCUT2D eigenvalue weighted by Gasteiger charge is 2.27. The SMILES string of the molecule is COc1cc(Br)c(C(=O)C(C)S(C)(=O)=O)cc1OC. The maximum atomic E-state index is 12.2. The molecule has 0 radical (unpaired) electrons. The summed E-state index contributed by atoms with van der Waals surface area (Å²) in [6.45, 7) is 1.36. The maximum absolute atomic E-state index is 12.2. The van der Waals surface area contributed by atoms with Gasteiger partial charge < -0.3 is 9.47 Å². The standard InChI is InChI=1S/C12H15BrO5S/c1-7(19(4,15)16)12(14)8-5-10(17-2)11(18-3)6-9(8)13/h5-7H,1-4H3. The molecule has 1 atom stereocenters. The van der Waals surface area contributed by atoms with Gasteiger partial charge >= 0.3 is 0 Å². The molecule has 1 aromatic carbocycles. The summed E-state index contributed by atoms with van der Waals surface area (Å²) in [6.07, 6.45) is 1.03. The Morgan fingerprint density at radius 1 is 1.21 bits per heavy atom. The first-order chi connectivity index (χ1) is 8.72. The van der Waals surface area contributed by atoms with Crippen molar-refractivity contribution in [3.05, 3.63) is 22.2 Å². The van der Waals surface area contributed by atoms with Crippen LogP contribution in [0.4, 0.5) is 0 Å². The van der Waals surface area contributed by atoms with Gasteiger partial charge in [-0.2, -0.15) is 0 Å². The largest absolute Gasteiger partial charge is 0.493 e. The molecule has 1 unspecified atom stereocenters. The Hall–Kier alpha value is -1.08. The van der Waals surface area contributed by atoms with Crippen LogP contribution in [0.5, 0.6) is 11.5 Å². The van der Waals surface area contributed by atoms with Crippen molar-refractivity contribution in [2.75, 3.05) is 20.5 Å². The monoisotopic (exact) mass is 350 g/mol. The molecule has 19 heavy (non-hydrogen) atoms. The molecule has 0 aliphatic heterocycles. The van der Waals surface area contributed by atoms with Crippen molar-refractivity contribution in [3.63, 3.8) is 0 Å². The van der Waals surface area contributed by atoms with E-state index in [9.17, 15) is 13.2 Å². The topological polar surface area (TPSA) is 69.7 Å². The molecule has 0 spiro atoms. The van der Waals surface area contributed by atoms with Gasteiger partial charge in [-0.25, -0.2) is 8.42 Å². The Labute approximate surface area is 121 Å². The van der Waals surface area contributed by atoms with Crippen molar-refractivity contribution in [1.29, 1.82) is 0 Å². The zero-order chi connectivity index (χ0) is 14.8. The van der Waals surface area contributed by atoms with Crippen LogP contribution in [0, 0.1) is 0 Å². The summed E-state index contributed by atoms with van der Waals surface area (Å²) in [6, 6.07) is 3.04. The van der Waals surface area contributed by atoms with Gasteiger partial charge in [-0.1, -0.05) is 0 Å². The number of Topliss-reactive ketones (excluding diaryl/α,β-unsaturated/α-hetero) is 1. The molecule has 5 nitrogen and oxygen atoms in total. The first-order valence-electron chi connectivity index (χ1n) is 5.37. The second-order valence-corrected chi connectivity index (χ2v) is 7.24. The van der Waals surface area contributed by atoms with Gasteiger partial charge in [0.1, 0.15) is 5.25 Å². The van der Waals surface area contributed by atoms with Crippen LogP contribution in [0.1, 0.15) is 17.3 Å². The van der Waals surface area contributed by atoms with E-state index in [1.165, 1.54) is 27.2 Å². The lowest BCUT2D eigenvalue weighted by atomic mass is 10.1. The summed E-state index contributed by atoms with van der Waals surface area (Å²) in [7, 11) is -0.523. The van der Waals surface area contributed by atoms with Gasteiger partial charge in [-0.15, -0.1) is 0 Å².